The fraction of sp³-hybridized carbons (Fsp3) is 0.600. The molecule has 1 aliphatic heterocycles. The number of hydrogen-bond donors (Lipinski definition) is 3. The second kappa shape index (κ2) is 13.1. The Bertz CT molecular complexity index is 1310. The van der Waals surface area contributed by atoms with Gasteiger partial charge in [-0.1, -0.05) is 0 Å². The molecule has 6 bridgehead atoms. The molecule has 0 saturated carbocycles. The lowest BCUT2D eigenvalue weighted by Gasteiger charge is -2.24. The highest BCUT2D eigenvalue weighted by Gasteiger charge is 2.31. The van der Waals surface area contributed by atoms with E-state index in [-0.39, 0.29) is 54.6 Å². The van der Waals surface area contributed by atoms with Gasteiger partial charge in [0.05, 0.1) is 36.6 Å². The van der Waals surface area contributed by atoms with Crippen LogP contribution in [0, 0.1) is 0 Å². The summed E-state index contributed by atoms with van der Waals surface area (Å²) in [6, 6.07) is -2.69. The Morgan fingerprint density at radius 2 is 0.778 bits per heavy atom. The summed E-state index contributed by atoms with van der Waals surface area (Å²) in [5.74, 6) is -1.77. The molecule has 15 heteroatoms. The Kier molecular flexibility index (Phi) is 9.85. The van der Waals surface area contributed by atoms with Crippen LogP contribution in [0.3, 0.4) is 0 Å². The van der Waals surface area contributed by atoms with E-state index in [1.54, 1.807) is 0 Å². The Hall–Kier alpha value is -4.08. The van der Waals surface area contributed by atoms with Gasteiger partial charge in [-0.25, -0.2) is 15.0 Å². The summed E-state index contributed by atoms with van der Waals surface area (Å²) in [5.41, 5.74) is -1.89. The van der Waals surface area contributed by atoms with Gasteiger partial charge in [-0.15, -0.1) is 0 Å². The van der Waals surface area contributed by atoms with E-state index in [1.165, 1.54) is 18.8 Å². The zero-order valence-corrected chi connectivity index (χ0v) is 27.1. The van der Waals surface area contributed by atoms with Gasteiger partial charge in [0.15, 0.2) is 17.1 Å². The molecule has 3 aromatic rings. The quantitative estimate of drug-likeness (QED) is 0.357. The van der Waals surface area contributed by atoms with E-state index in [1.807, 2.05) is 62.3 Å². The molecule has 0 aromatic carbocycles. The maximum Gasteiger partial charge on any atom is 0.273 e. The first kappa shape index (κ1) is 33.8. The van der Waals surface area contributed by atoms with Gasteiger partial charge in [0.1, 0.15) is 36.9 Å². The molecule has 3 N–H and O–H groups in total. The lowest BCUT2D eigenvalue weighted by Crippen LogP contribution is -2.36. The molecule has 15 nitrogen and oxygen atoms in total. The lowest BCUT2D eigenvalue weighted by atomic mass is 10.2. The summed E-state index contributed by atoms with van der Waals surface area (Å²) in [7, 11) is 0. The van der Waals surface area contributed by atoms with Gasteiger partial charge in [0.25, 0.3) is 17.7 Å². The van der Waals surface area contributed by atoms with E-state index in [2.05, 4.69) is 30.9 Å². The first-order valence-corrected chi connectivity index (χ1v) is 14.6. The molecule has 45 heavy (non-hydrogen) atoms. The predicted octanol–water partition coefficient (Wildman–Crippen LogP) is 3.82. The predicted molar refractivity (Wildman–Crippen MR) is 157 cm³/mol. The van der Waals surface area contributed by atoms with Gasteiger partial charge in [-0.3, -0.25) is 14.4 Å². The molecule has 1 aliphatic rings. The smallest absolute Gasteiger partial charge is 0.273 e. The molecule has 0 radical (unpaired) electrons. The monoisotopic (exact) mass is 630 g/mol. The molecule has 0 saturated heterocycles. The fourth-order valence-electron chi connectivity index (χ4n) is 3.88. The van der Waals surface area contributed by atoms with Crippen LogP contribution in [0.4, 0.5) is 0 Å². The number of oxazole rings is 3. The highest BCUT2D eigenvalue weighted by Crippen LogP contribution is 2.23. The number of aromatic nitrogens is 3. The zero-order chi connectivity index (χ0) is 33.2. The van der Waals surface area contributed by atoms with E-state index in [4.69, 9.17) is 27.5 Å². The highest BCUT2D eigenvalue weighted by atomic mass is 16.5. The number of ether oxygens (including phenoxy) is 3. The van der Waals surface area contributed by atoms with Crippen LogP contribution in [0.25, 0.3) is 0 Å². The molecule has 4 heterocycles. The number of carbonyl (C=O) groups is 3. The lowest BCUT2D eigenvalue weighted by molar-refractivity contribution is -0.0174. The fourth-order valence-corrected chi connectivity index (χ4v) is 3.88. The minimum Gasteiger partial charge on any atom is -0.446 e. The van der Waals surface area contributed by atoms with E-state index >= 15 is 0 Å². The number of nitrogens with one attached hydrogen (secondary N) is 3. The molecule has 0 unspecified atom stereocenters. The van der Waals surface area contributed by atoms with Crippen LogP contribution in [-0.4, -0.2) is 69.3 Å². The summed E-state index contributed by atoms with van der Waals surface area (Å²) in [6.45, 7) is 16.6. The normalized spacial score (nSPS) is 20.2. The van der Waals surface area contributed by atoms with Crippen molar-refractivity contribution in [3.8, 4) is 0 Å². The van der Waals surface area contributed by atoms with Crippen LogP contribution in [0.2, 0.25) is 0 Å². The first-order valence-electron chi connectivity index (χ1n) is 14.6. The molecule has 3 atom stereocenters. The third kappa shape index (κ3) is 9.70. The highest BCUT2D eigenvalue weighted by molar-refractivity contribution is 5.94. The van der Waals surface area contributed by atoms with E-state index in [0.717, 1.165) is 0 Å². The summed E-state index contributed by atoms with van der Waals surface area (Å²) in [6.07, 6.45) is 3.50. The number of rotatable bonds is 6. The van der Waals surface area contributed by atoms with Crippen molar-refractivity contribution in [3.05, 3.63) is 53.5 Å². The van der Waals surface area contributed by atoms with Crippen molar-refractivity contribution < 1.29 is 41.8 Å². The van der Waals surface area contributed by atoms with Crippen molar-refractivity contribution in [1.82, 2.24) is 30.9 Å². The van der Waals surface area contributed by atoms with Crippen LogP contribution in [0.1, 0.15) is 130 Å². The van der Waals surface area contributed by atoms with Crippen molar-refractivity contribution in [1.29, 1.82) is 0 Å². The number of fused-ring (bicyclic) bond motifs is 6. The van der Waals surface area contributed by atoms with E-state index < -0.39 is 52.7 Å². The van der Waals surface area contributed by atoms with Gasteiger partial charge >= 0.3 is 0 Å². The topological polar surface area (TPSA) is 193 Å². The third-order valence-corrected chi connectivity index (χ3v) is 6.12. The molecular weight excluding hydrogens is 588 g/mol. The largest absolute Gasteiger partial charge is 0.446 e. The molecule has 3 aromatic heterocycles. The minimum absolute atomic E-state index is 0.0270. The number of nitrogens with zero attached hydrogens (tertiary/aromatic N) is 3. The molecule has 0 spiro atoms. The minimum atomic E-state index is -0.897. The maximum absolute atomic E-state index is 13.3. The number of amides is 3. The number of hydrogen-bond acceptors (Lipinski definition) is 12. The van der Waals surface area contributed by atoms with Gasteiger partial charge in [-0.05, 0) is 62.3 Å². The average Bonchev–Trinajstić information content (AvgIpc) is 3.70. The summed E-state index contributed by atoms with van der Waals surface area (Å²) in [5, 5.41) is 8.36. The molecule has 3 amide bonds. The van der Waals surface area contributed by atoms with Crippen molar-refractivity contribution in [2.45, 2.75) is 97.2 Å². The average molecular weight is 631 g/mol. The van der Waals surface area contributed by atoms with Crippen molar-refractivity contribution >= 4 is 17.7 Å². The second-order valence-corrected chi connectivity index (χ2v) is 13.6. The molecule has 246 valence electrons. The van der Waals surface area contributed by atoms with E-state index in [0.29, 0.717) is 0 Å². The van der Waals surface area contributed by atoms with Crippen molar-refractivity contribution in [2.24, 2.45) is 0 Å². The third-order valence-electron chi connectivity index (χ3n) is 6.12. The Morgan fingerprint density at radius 3 is 1.00 bits per heavy atom. The van der Waals surface area contributed by atoms with Crippen molar-refractivity contribution in [2.75, 3.05) is 19.8 Å². The molecule has 0 fully saturated rings. The van der Waals surface area contributed by atoms with Crippen LogP contribution in [0.15, 0.2) is 32.0 Å². The van der Waals surface area contributed by atoms with Gasteiger partial charge in [0.2, 0.25) is 17.7 Å². The van der Waals surface area contributed by atoms with Gasteiger partial charge in [-0.2, -0.15) is 0 Å². The zero-order valence-electron chi connectivity index (χ0n) is 27.1. The standard InChI is InChI=1S/C30H42N6O9/c1-28(2,3)43-13-19-25-34-17(10-40-25)23(38)32-21(15-45-30(7,8)9)27-36-18(12-42-27)24(39)33-20(14-44-29(4,5)6)26-35-16(11-41-26)22(37)31-19/h10-12,19-21H,13-15H2,1-9H3,(H,31,37)(H,32,38)(H,33,39)/t19-,20-,21-/m0/s1. The van der Waals surface area contributed by atoms with E-state index in [9.17, 15) is 14.4 Å². The van der Waals surface area contributed by atoms with Gasteiger partial charge in [0, 0.05) is 0 Å². The second-order valence-electron chi connectivity index (χ2n) is 13.6. The van der Waals surface area contributed by atoms with Crippen LogP contribution in [-0.2, 0) is 14.2 Å². The Morgan fingerprint density at radius 1 is 0.533 bits per heavy atom. The molecule has 4 rings (SSSR count). The SMILES string of the molecule is CC(C)(C)OC[C@@H]1NC(=O)c2coc(n2)[C@H](COC(C)(C)C)NC(=O)c2coc(n2)[C@H](COC(C)(C)C)NC(=O)c2coc1n2. The van der Waals surface area contributed by atoms with Gasteiger partial charge < -0.3 is 43.4 Å². The Balaban J connectivity index is 1.75. The summed E-state index contributed by atoms with van der Waals surface area (Å²) in [4.78, 5) is 53.0. The maximum atomic E-state index is 13.3. The Labute approximate surface area is 261 Å². The van der Waals surface area contributed by atoms with Crippen molar-refractivity contribution in [3.63, 3.8) is 0 Å². The first-order chi connectivity index (χ1) is 20.9. The number of carbonyl (C=O) groups excluding carboxylic acids is 3. The van der Waals surface area contributed by atoms with Crippen LogP contribution >= 0.6 is 0 Å². The van der Waals surface area contributed by atoms with Crippen LogP contribution < -0.4 is 16.0 Å². The summed E-state index contributed by atoms with van der Waals surface area (Å²) < 4.78 is 34.6. The molecule has 0 aliphatic carbocycles. The molecular formula is C30H42N6O9. The van der Waals surface area contributed by atoms with Crippen LogP contribution in [0.5, 0.6) is 0 Å². The summed E-state index contributed by atoms with van der Waals surface area (Å²) >= 11 is 0.